The minimum Gasteiger partial charge on any atom is -0.457 e. The van der Waals surface area contributed by atoms with Crippen LogP contribution in [0.15, 0.2) is 95.9 Å². The second-order valence-corrected chi connectivity index (χ2v) is 9.42. The number of rotatable bonds is 10. The van der Waals surface area contributed by atoms with E-state index in [0.717, 1.165) is 16.0 Å². The monoisotopic (exact) mass is 494 g/mol. The van der Waals surface area contributed by atoms with Crippen molar-refractivity contribution in [3.05, 3.63) is 102 Å². The molecule has 3 aromatic carbocycles. The molecular weight excluding hydrogens is 464 g/mol. The van der Waals surface area contributed by atoms with E-state index in [0.29, 0.717) is 13.2 Å². The molecule has 0 unspecified atom stereocenters. The summed E-state index contributed by atoms with van der Waals surface area (Å²) in [6.45, 7) is 1.66. The van der Waals surface area contributed by atoms with Crippen molar-refractivity contribution < 1.29 is 28.8 Å². The zero-order valence-corrected chi connectivity index (χ0v) is 20.4. The Morgan fingerprint density at radius 3 is 1.83 bits per heavy atom. The van der Waals surface area contributed by atoms with Crippen LogP contribution in [0.5, 0.6) is 0 Å². The number of carbonyl (C=O) groups excluding carboxylic acids is 1. The van der Waals surface area contributed by atoms with Crippen LogP contribution in [0.1, 0.15) is 18.1 Å². The van der Waals surface area contributed by atoms with Crippen LogP contribution in [0.3, 0.4) is 0 Å². The van der Waals surface area contributed by atoms with Gasteiger partial charge >= 0.3 is 5.97 Å². The molecule has 4 rings (SSSR count). The number of aliphatic hydroxyl groups is 1. The molecule has 3 aromatic rings. The fourth-order valence-electron chi connectivity index (χ4n) is 3.99. The summed E-state index contributed by atoms with van der Waals surface area (Å²) < 4.78 is 24.7. The van der Waals surface area contributed by atoms with Crippen LogP contribution in [0, 0.1) is 0 Å². The molecule has 0 spiro atoms. The molecule has 0 saturated carbocycles. The second kappa shape index (κ2) is 12.9. The van der Waals surface area contributed by atoms with Crippen molar-refractivity contribution in [1.29, 1.82) is 0 Å². The maximum atomic E-state index is 12.0. The predicted octanol–water partition coefficient (Wildman–Crippen LogP) is 4.60. The van der Waals surface area contributed by atoms with Gasteiger partial charge in [0.1, 0.15) is 23.7 Å². The second-order valence-electron chi connectivity index (χ2n) is 8.25. The standard InChI is InChI=1S/C28H30O6S/c1-20(30)33-25-24(17-29)34-28(35-23-15-9-4-10-16-23)27(32-19-22-13-7-3-8-14-22)26(25)31-18-21-11-5-2-6-12-21/h2-16,24-29H,17-19H2,1H3/t24-,25-,26+,27-,28-/m1/s1. The van der Waals surface area contributed by atoms with E-state index in [1.54, 1.807) is 0 Å². The van der Waals surface area contributed by atoms with Crippen molar-refractivity contribution in [2.75, 3.05) is 6.61 Å². The summed E-state index contributed by atoms with van der Waals surface area (Å²) in [6.07, 6.45) is -2.81. The molecule has 1 fully saturated rings. The van der Waals surface area contributed by atoms with Gasteiger partial charge in [-0.25, -0.2) is 0 Å². The lowest BCUT2D eigenvalue weighted by Gasteiger charge is -2.45. The number of carbonyl (C=O) groups is 1. The fourth-order valence-corrected chi connectivity index (χ4v) is 5.13. The van der Waals surface area contributed by atoms with E-state index in [-0.39, 0.29) is 6.61 Å². The molecular formula is C28H30O6S. The van der Waals surface area contributed by atoms with Crippen LogP contribution in [0.4, 0.5) is 0 Å². The summed E-state index contributed by atoms with van der Waals surface area (Å²) in [5, 5.41) is 10.1. The molecule has 184 valence electrons. The first-order valence-electron chi connectivity index (χ1n) is 11.6. The van der Waals surface area contributed by atoms with Gasteiger partial charge in [0.2, 0.25) is 0 Å². The Kier molecular flexibility index (Phi) is 9.34. The number of aliphatic hydroxyl groups excluding tert-OH is 1. The summed E-state index contributed by atoms with van der Waals surface area (Å²) in [5.74, 6) is -0.471. The van der Waals surface area contributed by atoms with E-state index in [1.807, 2.05) is 91.0 Å². The van der Waals surface area contributed by atoms with Crippen LogP contribution in [-0.2, 0) is 37.0 Å². The van der Waals surface area contributed by atoms with Gasteiger partial charge in [0, 0.05) is 11.8 Å². The number of esters is 1. The number of hydrogen-bond acceptors (Lipinski definition) is 7. The highest BCUT2D eigenvalue weighted by molar-refractivity contribution is 7.99. The molecule has 1 saturated heterocycles. The normalized spacial score (nSPS) is 24.1. The lowest BCUT2D eigenvalue weighted by Crippen LogP contribution is -2.60. The third-order valence-corrected chi connectivity index (χ3v) is 6.80. The third-order valence-electron chi connectivity index (χ3n) is 5.64. The van der Waals surface area contributed by atoms with E-state index in [2.05, 4.69) is 0 Å². The van der Waals surface area contributed by atoms with E-state index < -0.39 is 35.8 Å². The van der Waals surface area contributed by atoms with Crippen LogP contribution in [-0.4, -0.2) is 47.5 Å². The Hall–Kier alpha value is -2.68. The number of benzene rings is 3. The SMILES string of the molecule is CC(=O)O[C@H]1[C@H](OCc2ccccc2)[C@@H](OCc2ccccc2)[C@@H](Sc2ccccc2)O[C@@H]1CO. The molecule has 0 bridgehead atoms. The first-order valence-corrected chi connectivity index (χ1v) is 12.5. The quantitative estimate of drug-likeness (QED) is 0.413. The summed E-state index contributed by atoms with van der Waals surface area (Å²) in [6, 6.07) is 29.5. The van der Waals surface area contributed by atoms with Gasteiger partial charge in [-0.05, 0) is 23.3 Å². The average molecular weight is 495 g/mol. The zero-order chi connectivity index (χ0) is 24.5. The summed E-state index contributed by atoms with van der Waals surface area (Å²) in [7, 11) is 0. The van der Waals surface area contributed by atoms with Crippen LogP contribution < -0.4 is 0 Å². The minimum absolute atomic E-state index is 0.301. The minimum atomic E-state index is -0.824. The zero-order valence-electron chi connectivity index (χ0n) is 19.6. The molecule has 7 heteroatoms. The molecule has 0 radical (unpaired) electrons. The van der Waals surface area contributed by atoms with Crippen LogP contribution >= 0.6 is 11.8 Å². The smallest absolute Gasteiger partial charge is 0.303 e. The van der Waals surface area contributed by atoms with Gasteiger partial charge in [0.05, 0.1) is 19.8 Å². The summed E-state index contributed by atoms with van der Waals surface area (Å²) >= 11 is 1.49. The molecule has 1 aliphatic rings. The molecule has 5 atom stereocenters. The Balaban J connectivity index is 1.63. The van der Waals surface area contributed by atoms with Gasteiger partial charge in [-0.1, -0.05) is 90.6 Å². The van der Waals surface area contributed by atoms with Crippen molar-refractivity contribution >= 4 is 17.7 Å². The maximum Gasteiger partial charge on any atom is 0.303 e. The first kappa shape index (κ1) is 25.4. The predicted molar refractivity (Wildman–Crippen MR) is 134 cm³/mol. The van der Waals surface area contributed by atoms with E-state index in [4.69, 9.17) is 18.9 Å². The van der Waals surface area contributed by atoms with E-state index in [1.165, 1.54) is 18.7 Å². The van der Waals surface area contributed by atoms with E-state index >= 15 is 0 Å². The summed E-state index contributed by atoms with van der Waals surface area (Å²) in [4.78, 5) is 13.0. The number of ether oxygens (including phenoxy) is 4. The Morgan fingerprint density at radius 1 is 0.800 bits per heavy atom. The molecule has 6 nitrogen and oxygen atoms in total. The number of thioether (sulfide) groups is 1. The van der Waals surface area contributed by atoms with Gasteiger partial charge in [0.15, 0.2) is 6.10 Å². The van der Waals surface area contributed by atoms with Crippen molar-refractivity contribution in [3.8, 4) is 0 Å². The van der Waals surface area contributed by atoms with Crippen molar-refractivity contribution in [2.24, 2.45) is 0 Å². The Labute approximate surface area is 210 Å². The maximum absolute atomic E-state index is 12.0. The number of hydrogen-bond donors (Lipinski definition) is 1. The van der Waals surface area contributed by atoms with Crippen molar-refractivity contribution in [2.45, 2.75) is 54.9 Å². The van der Waals surface area contributed by atoms with Crippen LogP contribution in [0.2, 0.25) is 0 Å². The highest BCUT2D eigenvalue weighted by atomic mass is 32.2. The highest BCUT2D eigenvalue weighted by Crippen LogP contribution is 2.37. The van der Waals surface area contributed by atoms with Gasteiger partial charge in [-0.15, -0.1) is 0 Å². The molecule has 1 N–H and O–H groups in total. The van der Waals surface area contributed by atoms with Crippen LogP contribution in [0.25, 0.3) is 0 Å². The lowest BCUT2D eigenvalue weighted by atomic mass is 9.99. The first-order chi connectivity index (χ1) is 17.1. The Morgan fingerprint density at radius 2 is 1.31 bits per heavy atom. The van der Waals surface area contributed by atoms with Gasteiger partial charge < -0.3 is 24.1 Å². The van der Waals surface area contributed by atoms with Crippen molar-refractivity contribution in [3.63, 3.8) is 0 Å². The van der Waals surface area contributed by atoms with Gasteiger partial charge in [0.25, 0.3) is 0 Å². The highest BCUT2D eigenvalue weighted by Gasteiger charge is 2.49. The van der Waals surface area contributed by atoms with Gasteiger partial charge in [-0.3, -0.25) is 4.79 Å². The Bertz CT molecular complexity index is 1030. The van der Waals surface area contributed by atoms with E-state index in [9.17, 15) is 9.90 Å². The third kappa shape index (κ3) is 7.16. The summed E-state index contributed by atoms with van der Waals surface area (Å²) in [5.41, 5.74) is 1.49. The van der Waals surface area contributed by atoms with Crippen molar-refractivity contribution in [1.82, 2.24) is 0 Å². The topological polar surface area (TPSA) is 74.2 Å². The molecule has 35 heavy (non-hydrogen) atoms. The molecule has 1 aliphatic heterocycles. The molecule has 1 heterocycles. The van der Waals surface area contributed by atoms with Gasteiger partial charge in [-0.2, -0.15) is 0 Å². The largest absolute Gasteiger partial charge is 0.457 e. The molecule has 0 aromatic heterocycles. The molecule has 0 amide bonds. The fraction of sp³-hybridized carbons (Fsp3) is 0.321. The average Bonchev–Trinajstić information content (AvgIpc) is 2.89. The lowest BCUT2D eigenvalue weighted by molar-refractivity contribution is -0.245. The molecule has 0 aliphatic carbocycles.